The first-order valence-electron chi connectivity index (χ1n) is 11.0. The Kier molecular flexibility index (Phi) is 4.84. The molecule has 2 atom stereocenters. The molecular formula is C22H30BrN5O. The predicted molar refractivity (Wildman–Crippen MR) is 117 cm³/mol. The first-order valence-corrected chi connectivity index (χ1v) is 11.8. The van der Waals surface area contributed by atoms with E-state index in [1.165, 1.54) is 18.4 Å². The van der Waals surface area contributed by atoms with E-state index in [1.807, 2.05) is 4.52 Å². The summed E-state index contributed by atoms with van der Waals surface area (Å²) < 4.78 is 3.00. The van der Waals surface area contributed by atoms with Gasteiger partial charge in [0.05, 0.1) is 0 Å². The lowest BCUT2D eigenvalue weighted by Crippen LogP contribution is -2.47. The number of anilines is 1. The number of amides is 1. The topological polar surface area (TPSA) is 53.7 Å². The van der Waals surface area contributed by atoms with E-state index in [-0.39, 0.29) is 5.41 Å². The Bertz CT molecular complexity index is 933. The van der Waals surface area contributed by atoms with E-state index in [1.54, 1.807) is 6.33 Å². The van der Waals surface area contributed by atoms with Crippen LogP contribution >= 0.6 is 15.9 Å². The van der Waals surface area contributed by atoms with Gasteiger partial charge >= 0.3 is 0 Å². The van der Waals surface area contributed by atoms with Crippen molar-refractivity contribution >= 4 is 33.2 Å². The second-order valence-electron chi connectivity index (χ2n) is 9.61. The van der Waals surface area contributed by atoms with Gasteiger partial charge in [0.15, 0.2) is 5.82 Å². The summed E-state index contributed by atoms with van der Waals surface area (Å²) in [5, 5.41) is 4.49. The molecule has 2 aliphatic heterocycles. The monoisotopic (exact) mass is 459 g/mol. The molecule has 156 valence electrons. The zero-order valence-electron chi connectivity index (χ0n) is 17.4. The SMILES string of the molecule is C[C@H]1C[C@@](C)(CC(=O)N2CCCC2)CCN1c1ncnn2c(Br)cc(C3CC3)c12. The van der Waals surface area contributed by atoms with Crippen molar-refractivity contribution in [1.82, 2.24) is 19.5 Å². The number of carbonyl (C=O) groups excluding carboxylic acids is 1. The Labute approximate surface area is 180 Å². The summed E-state index contributed by atoms with van der Waals surface area (Å²) in [5.41, 5.74) is 2.60. The molecule has 6 nitrogen and oxygen atoms in total. The van der Waals surface area contributed by atoms with Crippen molar-refractivity contribution in [3.8, 4) is 0 Å². The summed E-state index contributed by atoms with van der Waals surface area (Å²) in [6.45, 7) is 7.41. The number of fused-ring (bicyclic) bond motifs is 1. The molecule has 4 heterocycles. The van der Waals surface area contributed by atoms with Crippen LogP contribution in [0.4, 0.5) is 5.82 Å². The fourth-order valence-electron chi connectivity index (χ4n) is 5.39. The molecule has 0 radical (unpaired) electrons. The summed E-state index contributed by atoms with van der Waals surface area (Å²) in [4.78, 5) is 22.0. The van der Waals surface area contributed by atoms with Crippen molar-refractivity contribution in [3.63, 3.8) is 0 Å². The second kappa shape index (κ2) is 7.25. The largest absolute Gasteiger partial charge is 0.352 e. The van der Waals surface area contributed by atoms with Gasteiger partial charge in [0.1, 0.15) is 16.4 Å². The molecule has 3 aliphatic rings. The maximum Gasteiger partial charge on any atom is 0.223 e. The van der Waals surface area contributed by atoms with Crippen molar-refractivity contribution in [1.29, 1.82) is 0 Å². The van der Waals surface area contributed by atoms with Crippen LogP contribution in [0.5, 0.6) is 0 Å². The third kappa shape index (κ3) is 3.56. The highest BCUT2D eigenvalue weighted by Crippen LogP contribution is 2.47. The first-order chi connectivity index (χ1) is 14.0. The molecular weight excluding hydrogens is 430 g/mol. The van der Waals surface area contributed by atoms with Crippen LogP contribution in [0, 0.1) is 5.41 Å². The van der Waals surface area contributed by atoms with Crippen molar-refractivity contribution in [3.05, 3.63) is 22.6 Å². The Morgan fingerprint density at radius 2 is 2.03 bits per heavy atom. The van der Waals surface area contributed by atoms with Crippen LogP contribution in [0.25, 0.3) is 5.52 Å². The zero-order chi connectivity index (χ0) is 20.2. The highest BCUT2D eigenvalue weighted by molar-refractivity contribution is 9.10. The lowest BCUT2D eigenvalue weighted by molar-refractivity contribution is -0.132. The van der Waals surface area contributed by atoms with Crippen LogP contribution in [-0.4, -0.2) is 51.1 Å². The van der Waals surface area contributed by atoms with Gasteiger partial charge in [0.25, 0.3) is 0 Å². The summed E-state index contributed by atoms with van der Waals surface area (Å²) in [5.74, 6) is 2.04. The molecule has 1 amide bonds. The van der Waals surface area contributed by atoms with Crippen LogP contribution in [0.1, 0.15) is 70.3 Å². The fraction of sp³-hybridized carbons (Fsp3) is 0.682. The molecule has 2 aromatic heterocycles. The number of aromatic nitrogens is 3. The summed E-state index contributed by atoms with van der Waals surface area (Å²) >= 11 is 3.68. The fourth-order valence-corrected chi connectivity index (χ4v) is 5.90. The number of hydrogen-bond acceptors (Lipinski definition) is 4. The molecule has 0 aromatic carbocycles. The van der Waals surface area contributed by atoms with E-state index < -0.39 is 0 Å². The van der Waals surface area contributed by atoms with E-state index >= 15 is 0 Å². The lowest BCUT2D eigenvalue weighted by Gasteiger charge is -2.44. The third-order valence-corrected chi connectivity index (χ3v) is 7.69. The normalized spacial score (nSPS) is 27.8. The van der Waals surface area contributed by atoms with E-state index in [0.717, 1.165) is 61.3 Å². The molecule has 2 aromatic rings. The molecule has 2 saturated heterocycles. The highest BCUT2D eigenvalue weighted by atomic mass is 79.9. The maximum absolute atomic E-state index is 12.8. The molecule has 0 N–H and O–H groups in total. The number of halogens is 1. The van der Waals surface area contributed by atoms with Gasteiger partial charge in [-0.2, -0.15) is 5.10 Å². The minimum Gasteiger partial charge on any atom is -0.352 e. The average molecular weight is 460 g/mol. The van der Waals surface area contributed by atoms with Gasteiger partial charge in [-0.25, -0.2) is 9.50 Å². The number of rotatable bonds is 4. The van der Waals surface area contributed by atoms with Gasteiger partial charge in [0.2, 0.25) is 5.91 Å². The van der Waals surface area contributed by atoms with Gasteiger partial charge in [0, 0.05) is 32.1 Å². The Morgan fingerprint density at radius 3 is 2.72 bits per heavy atom. The molecule has 0 unspecified atom stereocenters. The highest BCUT2D eigenvalue weighted by Gasteiger charge is 2.39. The lowest BCUT2D eigenvalue weighted by atomic mass is 9.74. The van der Waals surface area contributed by atoms with Gasteiger partial charge in [-0.1, -0.05) is 6.92 Å². The van der Waals surface area contributed by atoms with E-state index in [4.69, 9.17) is 4.98 Å². The molecule has 1 aliphatic carbocycles. The van der Waals surface area contributed by atoms with E-state index in [0.29, 0.717) is 24.3 Å². The molecule has 7 heteroatoms. The van der Waals surface area contributed by atoms with E-state index in [2.05, 4.69) is 50.7 Å². The van der Waals surface area contributed by atoms with Gasteiger partial charge < -0.3 is 9.80 Å². The smallest absolute Gasteiger partial charge is 0.223 e. The van der Waals surface area contributed by atoms with Gasteiger partial charge in [-0.15, -0.1) is 0 Å². The molecule has 0 bridgehead atoms. The predicted octanol–water partition coefficient (Wildman–Crippen LogP) is 4.38. The Hall–Kier alpha value is -1.63. The minimum absolute atomic E-state index is 0.0702. The quantitative estimate of drug-likeness (QED) is 0.680. The number of likely N-dealkylation sites (tertiary alicyclic amines) is 1. The zero-order valence-corrected chi connectivity index (χ0v) is 19.0. The van der Waals surface area contributed by atoms with Gasteiger partial charge in [-0.3, -0.25) is 4.79 Å². The number of piperidine rings is 1. The molecule has 0 spiro atoms. The first kappa shape index (κ1) is 19.3. The number of hydrogen-bond donors (Lipinski definition) is 0. The Morgan fingerprint density at radius 1 is 1.28 bits per heavy atom. The number of carbonyl (C=O) groups is 1. The standard InChI is InChI=1S/C22H30BrN5O/c1-15-12-22(2,13-19(29)26-8-3-4-9-26)7-10-27(15)21-20-17(16-5-6-16)11-18(23)28(20)25-14-24-21/h11,14-16H,3-10,12-13H2,1-2H3/t15-,22-/m0/s1. The minimum atomic E-state index is 0.0702. The van der Waals surface area contributed by atoms with Crippen LogP contribution in [0.15, 0.2) is 17.0 Å². The molecule has 29 heavy (non-hydrogen) atoms. The van der Waals surface area contributed by atoms with E-state index in [9.17, 15) is 4.79 Å². The average Bonchev–Trinajstić information content (AvgIpc) is 3.25. The molecule has 1 saturated carbocycles. The molecule has 3 fully saturated rings. The van der Waals surface area contributed by atoms with Crippen molar-refractivity contribution in [2.24, 2.45) is 5.41 Å². The number of nitrogens with zero attached hydrogens (tertiary/aromatic N) is 5. The van der Waals surface area contributed by atoms with Crippen LogP contribution < -0.4 is 4.90 Å². The third-order valence-electron chi connectivity index (χ3n) is 7.12. The summed E-state index contributed by atoms with van der Waals surface area (Å²) in [6, 6.07) is 2.57. The Balaban J connectivity index is 1.38. The van der Waals surface area contributed by atoms with Crippen LogP contribution in [-0.2, 0) is 4.79 Å². The van der Waals surface area contributed by atoms with Crippen molar-refractivity contribution in [2.45, 2.75) is 70.8 Å². The van der Waals surface area contributed by atoms with Crippen LogP contribution in [0.2, 0.25) is 0 Å². The molecule has 5 rings (SSSR count). The van der Waals surface area contributed by atoms with Crippen molar-refractivity contribution in [2.75, 3.05) is 24.5 Å². The van der Waals surface area contributed by atoms with Crippen molar-refractivity contribution < 1.29 is 4.79 Å². The summed E-state index contributed by atoms with van der Waals surface area (Å²) in [6.07, 6.45) is 9.21. The van der Waals surface area contributed by atoms with Gasteiger partial charge in [-0.05, 0) is 84.3 Å². The maximum atomic E-state index is 12.8. The summed E-state index contributed by atoms with van der Waals surface area (Å²) in [7, 11) is 0. The second-order valence-corrected chi connectivity index (χ2v) is 10.4. The van der Waals surface area contributed by atoms with Crippen LogP contribution in [0.3, 0.4) is 0 Å².